The zero-order valence-electron chi connectivity index (χ0n) is 15.2. The predicted molar refractivity (Wildman–Crippen MR) is 110 cm³/mol. The van der Waals surface area contributed by atoms with Gasteiger partial charge in [0.15, 0.2) is 0 Å². The van der Waals surface area contributed by atoms with Gasteiger partial charge < -0.3 is 0 Å². The topological polar surface area (TPSA) is 18.5 Å². The molecule has 3 aliphatic rings. The average molecular weight is 362 g/mol. The Hall–Kier alpha value is -3.20. The highest BCUT2D eigenvalue weighted by atomic mass is 17.2. The highest BCUT2D eigenvalue weighted by Crippen LogP contribution is 2.54. The van der Waals surface area contributed by atoms with Crippen LogP contribution in [0.1, 0.15) is 34.5 Å². The molecule has 2 atom stereocenters. The third-order valence-electron chi connectivity index (χ3n) is 5.78. The third-order valence-corrected chi connectivity index (χ3v) is 5.78. The third kappa shape index (κ3) is 2.22. The van der Waals surface area contributed by atoms with Crippen molar-refractivity contribution >= 4 is 0 Å². The molecule has 2 unspecified atom stereocenters. The molecule has 4 aromatic rings. The lowest BCUT2D eigenvalue weighted by atomic mass is 9.76. The minimum absolute atomic E-state index is 0.177. The molecular formula is C26H18O2. The minimum atomic E-state index is -0.213. The Kier molecular flexibility index (Phi) is 3.48. The van der Waals surface area contributed by atoms with Crippen molar-refractivity contribution in [3.63, 3.8) is 0 Å². The Labute approximate surface area is 163 Å². The van der Waals surface area contributed by atoms with E-state index in [1.54, 1.807) is 0 Å². The van der Waals surface area contributed by atoms with Crippen LogP contribution in [-0.2, 0) is 9.78 Å². The van der Waals surface area contributed by atoms with Gasteiger partial charge in [0, 0.05) is 5.56 Å². The number of benzene rings is 4. The van der Waals surface area contributed by atoms with Crippen molar-refractivity contribution in [1.29, 1.82) is 0 Å². The lowest BCUT2D eigenvalue weighted by Gasteiger charge is -2.40. The molecule has 2 heteroatoms. The highest BCUT2D eigenvalue weighted by molar-refractivity contribution is 5.88. The SMILES string of the molecule is c1ccc(-c2ccc3c(c2-c2ccccc2)C2OOC3c3ccccc32)cc1. The van der Waals surface area contributed by atoms with Gasteiger partial charge in [0.25, 0.3) is 0 Å². The maximum absolute atomic E-state index is 5.88. The maximum Gasteiger partial charge on any atom is 0.144 e. The fraction of sp³-hybridized carbons (Fsp3) is 0.0769. The van der Waals surface area contributed by atoms with Crippen LogP contribution in [0.3, 0.4) is 0 Å². The summed E-state index contributed by atoms with van der Waals surface area (Å²) in [7, 11) is 0. The van der Waals surface area contributed by atoms with E-state index in [9.17, 15) is 0 Å². The molecule has 2 heterocycles. The van der Waals surface area contributed by atoms with Crippen LogP contribution in [0.4, 0.5) is 0 Å². The van der Waals surface area contributed by atoms with E-state index in [4.69, 9.17) is 9.78 Å². The quantitative estimate of drug-likeness (QED) is 0.380. The van der Waals surface area contributed by atoms with E-state index in [1.165, 1.54) is 44.5 Å². The molecule has 0 amide bonds. The molecule has 4 aromatic carbocycles. The van der Waals surface area contributed by atoms with Gasteiger partial charge in [-0.3, -0.25) is 0 Å². The van der Waals surface area contributed by atoms with E-state index in [1.807, 2.05) is 0 Å². The first kappa shape index (κ1) is 15.8. The lowest BCUT2D eigenvalue weighted by molar-refractivity contribution is -0.360. The number of hydrogen-bond acceptors (Lipinski definition) is 2. The number of rotatable bonds is 2. The molecular weight excluding hydrogens is 344 g/mol. The van der Waals surface area contributed by atoms with Crippen LogP contribution in [0.15, 0.2) is 97.1 Å². The molecule has 28 heavy (non-hydrogen) atoms. The molecule has 2 aliphatic heterocycles. The molecule has 1 aliphatic carbocycles. The summed E-state index contributed by atoms with van der Waals surface area (Å²) in [5.74, 6) is 0. The van der Waals surface area contributed by atoms with Crippen molar-refractivity contribution in [3.05, 3.63) is 119 Å². The standard InChI is InChI=1S/C26H18O2/c1-3-9-17(10-4-1)19-15-16-22-24(23(19)18-11-5-2-6-12-18)26-21-14-8-7-13-20(21)25(22)27-28-26/h1-16,25-26H. The first-order valence-electron chi connectivity index (χ1n) is 9.60. The van der Waals surface area contributed by atoms with Crippen LogP contribution >= 0.6 is 0 Å². The zero-order chi connectivity index (χ0) is 18.5. The number of fused-ring (bicyclic) bond motifs is 1. The van der Waals surface area contributed by atoms with Crippen molar-refractivity contribution < 1.29 is 9.78 Å². The van der Waals surface area contributed by atoms with Gasteiger partial charge in [-0.25, -0.2) is 9.78 Å². The van der Waals surface area contributed by atoms with Crippen LogP contribution in [0.25, 0.3) is 22.3 Å². The second-order valence-electron chi connectivity index (χ2n) is 7.30. The summed E-state index contributed by atoms with van der Waals surface area (Å²) in [5.41, 5.74) is 9.70. The second-order valence-corrected chi connectivity index (χ2v) is 7.30. The fourth-order valence-corrected chi connectivity index (χ4v) is 4.55. The molecule has 0 saturated heterocycles. The Morgan fingerprint density at radius 3 is 1.75 bits per heavy atom. The van der Waals surface area contributed by atoms with E-state index in [0.29, 0.717) is 0 Å². The fourth-order valence-electron chi connectivity index (χ4n) is 4.55. The largest absolute Gasteiger partial charge is 0.223 e. The van der Waals surface area contributed by atoms with Gasteiger partial charge in [0.2, 0.25) is 0 Å². The van der Waals surface area contributed by atoms with Gasteiger partial charge in [-0.05, 0) is 38.9 Å². The normalized spacial score (nSPS) is 19.1. The van der Waals surface area contributed by atoms with Gasteiger partial charge in [-0.15, -0.1) is 0 Å². The van der Waals surface area contributed by atoms with Crippen molar-refractivity contribution in [2.75, 3.05) is 0 Å². The summed E-state index contributed by atoms with van der Waals surface area (Å²) < 4.78 is 0. The first-order chi connectivity index (χ1) is 13.9. The smallest absolute Gasteiger partial charge is 0.144 e. The average Bonchev–Trinajstić information content (AvgIpc) is 2.80. The van der Waals surface area contributed by atoms with Crippen LogP contribution in [0, 0.1) is 0 Å². The summed E-state index contributed by atoms with van der Waals surface area (Å²) in [4.78, 5) is 11.6. The molecule has 0 saturated carbocycles. The number of hydrogen-bond donors (Lipinski definition) is 0. The van der Waals surface area contributed by atoms with E-state index in [-0.39, 0.29) is 12.2 Å². The highest BCUT2D eigenvalue weighted by Gasteiger charge is 2.42. The maximum atomic E-state index is 5.88. The summed E-state index contributed by atoms with van der Waals surface area (Å²) in [6, 6.07) is 34.0. The summed E-state index contributed by atoms with van der Waals surface area (Å²) in [5, 5.41) is 0. The molecule has 134 valence electrons. The van der Waals surface area contributed by atoms with Crippen LogP contribution in [0.2, 0.25) is 0 Å². The summed E-state index contributed by atoms with van der Waals surface area (Å²) >= 11 is 0. The van der Waals surface area contributed by atoms with Crippen molar-refractivity contribution in [1.82, 2.24) is 0 Å². The van der Waals surface area contributed by atoms with Gasteiger partial charge in [0.05, 0.1) is 0 Å². The second kappa shape index (κ2) is 6.16. The first-order valence-corrected chi connectivity index (χ1v) is 9.60. The van der Waals surface area contributed by atoms with E-state index < -0.39 is 0 Å². The Balaban J connectivity index is 1.68. The summed E-state index contributed by atoms with van der Waals surface area (Å²) in [6.45, 7) is 0. The zero-order valence-corrected chi connectivity index (χ0v) is 15.2. The van der Waals surface area contributed by atoms with Crippen molar-refractivity contribution in [2.45, 2.75) is 12.2 Å². The molecule has 2 nitrogen and oxygen atoms in total. The Bertz CT molecular complexity index is 1170. The van der Waals surface area contributed by atoms with Gasteiger partial charge in [-0.2, -0.15) is 0 Å². The lowest BCUT2D eigenvalue weighted by Crippen LogP contribution is -2.29. The minimum Gasteiger partial charge on any atom is -0.223 e. The Morgan fingerprint density at radius 2 is 1.04 bits per heavy atom. The van der Waals surface area contributed by atoms with E-state index in [0.717, 1.165) is 0 Å². The van der Waals surface area contributed by atoms with E-state index >= 15 is 0 Å². The van der Waals surface area contributed by atoms with Gasteiger partial charge >= 0.3 is 0 Å². The molecule has 2 bridgehead atoms. The molecule has 0 radical (unpaired) electrons. The molecule has 0 aromatic heterocycles. The Morgan fingerprint density at radius 1 is 0.464 bits per heavy atom. The van der Waals surface area contributed by atoms with Crippen LogP contribution in [0.5, 0.6) is 0 Å². The molecule has 0 spiro atoms. The summed E-state index contributed by atoms with van der Waals surface area (Å²) in [6.07, 6.45) is -0.390. The molecule has 7 rings (SSSR count). The van der Waals surface area contributed by atoms with Crippen molar-refractivity contribution in [2.24, 2.45) is 0 Å². The van der Waals surface area contributed by atoms with Crippen LogP contribution < -0.4 is 0 Å². The molecule has 0 fully saturated rings. The molecule has 0 N–H and O–H groups in total. The van der Waals surface area contributed by atoms with E-state index in [2.05, 4.69) is 97.1 Å². The van der Waals surface area contributed by atoms with Crippen molar-refractivity contribution in [3.8, 4) is 22.3 Å². The monoisotopic (exact) mass is 362 g/mol. The van der Waals surface area contributed by atoms with Gasteiger partial charge in [-0.1, -0.05) is 97.1 Å². The van der Waals surface area contributed by atoms with Gasteiger partial charge in [0.1, 0.15) is 12.2 Å². The predicted octanol–water partition coefficient (Wildman–Crippen LogP) is 6.47. The van der Waals surface area contributed by atoms with Crippen LogP contribution in [-0.4, -0.2) is 0 Å².